The Balaban J connectivity index is 2.74. The van der Waals surface area contributed by atoms with Crippen LogP contribution >= 0.6 is 0 Å². The lowest BCUT2D eigenvalue weighted by Gasteiger charge is -2.08. The van der Waals surface area contributed by atoms with E-state index in [-0.39, 0.29) is 0 Å². The first-order valence-electron chi connectivity index (χ1n) is 5.45. The van der Waals surface area contributed by atoms with E-state index in [0.717, 1.165) is 6.42 Å². The highest BCUT2D eigenvalue weighted by Gasteiger charge is 2.00. The molecule has 0 atom stereocenters. The van der Waals surface area contributed by atoms with Gasteiger partial charge in [-0.1, -0.05) is 49.8 Å². The lowest BCUT2D eigenvalue weighted by Crippen LogP contribution is -1.94. The molecule has 0 saturated heterocycles. The summed E-state index contributed by atoms with van der Waals surface area (Å²) in [6.07, 6.45) is 4.79. The smallest absolute Gasteiger partial charge is 0.00698 e. The summed E-state index contributed by atoms with van der Waals surface area (Å²) in [6, 6.07) is 8.72. The molecule has 0 amide bonds. The maximum absolute atomic E-state index is 3.97. The van der Waals surface area contributed by atoms with Gasteiger partial charge >= 0.3 is 0 Å². The summed E-state index contributed by atoms with van der Waals surface area (Å²) in [5, 5.41) is 0. The van der Waals surface area contributed by atoms with Crippen LogP contribution in [0, 0.1) is 0 Å². The fourth-order valence-electron chi connectivity index (χ4n) is 1.67. The Morgan fingerprint density at radius 3 is 2.43 bits per heavy atom. The monoisotopic (exact) mass is 188 g/mol. The van der Waals surface area contributed by atoms with Gasteiger partial charge < -0.3 is 0 Å². The lowest BCUT2D eigenvalue weighted by atomic mass is 9.98. The van der Waals surface area contributed by atoms with E-state index in [2.05, 4.69) is 44.7 Å². The van der Waals surface area contributed by atoms with Crippen LogP contribution in [0.5, 0.6) is 0 Å². The van der Waals surface area contributed by atoms with Crippen LogP contribution in [0.15, 0.2) is 36.4 Å². The number of hydrogen-bond donors (Lipinski definition) is 0. The van der Waals surface area contributed by atoms with E-state index >= 15 is 0 Å². The van der Waals surface area contributed by atoms with Crippen molar-refractivity contribution < 1.29 is 0 Å². The highest BCUT2D eigenvalue weighted by Crippen LogP contribution is 2.15. The van der Waals surface area contributed by atoms with Crippen LogP contribution in [0.25, 0.3) is 0 Å². The molecule has 1 rings (SSSR count). The Labute approximate surface area is 87.7 Å². The molecule has 1 aromatic rings. The Kier molecular flexibility index (Phi) is 4.45. The van der Waals surface area contributed by atoms with Crippen LogP contribution in [0.2, 0.25) is 0 Å². The molecule has 0 radical (unpaired) electrons. The van der Waals surface area contributed by atoms with E-state index < -0.39 is 0 Å². The first kappa shape index (κ1) is 11.0. The summed E-state index contributed by atoms with van der Waals surface area (Å²) in [7, 11) is 0. The fraction of sp³-hybridized carbons (Fsp3) is 0.429. The molecule has 0 heteroatoms. The van der Waals surface area contributed by atoms with Crippen LogP contribution in [-0.2, 0) is 12.8 Å². The summed E-state index contributed by atoms with van der Waals surface area (Å²) in [4.78, 5) is 0. The van der Waals surface area contributed by atoms with Gasteiger partial charge in [0.25, 0.3) is 0 Å². The van der Waals surface area contributed by atoms with Crippen molar-refractivity contribution in [3.8, 4) is 0 Å². The highest BCUT2D eigenvalue weighted by molar-refractivity contribution is 5.30. The number of hydrogen-bond acceptors (Lipinski definition) is 0. The van der Waals surface area contributed by atoms with Crippen molar-refractivity contribution in [1.82, 2.24) is 0 Å². The van der Waals surface area contributed by atoms with Gasteiger partial charge in [0.1, 0.15) is 0 Å². The maximum Gasteiger partial charge on any atom is -0.00698 e. The van der Waals surface area contributed by atoms with Crippen molar-refractivity contribution in [3.05, 3.63) is 47.5 Å². The van der Waals surface area contributed by atoms with Crippen LogP contribution in [0.1, 0.15) is 37.8 Å². The molecule has 0 nitrogen and oxygen atoms in total. The van der Waals surface area contributed by atoms with E-state index in [1.807, 2.05) is 0 Å². The molecule has 76 valence electrons. The zero-order chi connectivity index (χ0) is 10.4. The molecule has 14 heavy (non-hydrogen) atoms. The van der Waals surface area contributed by atoms with E-state index in [0.29, 0.717) is 0 Å². The Hall–Kier alpha value is -1.04. The molecule has 0 N–H and O–H groups in total. The summed E-state index contributed by atoms with van der Waals surface area (Å²) in [5.41, 5.74) is 4.19. The molecule has 0 aliphatic heterocycles. The highest BCUT2D eigenvalue weighted by atomic mass is 14.1. The number of aryl methyl sites for hydroxylation is 1. The molecule has 0 heterocycles. The standard InChI is InChI=1S/C14H20/c1-4-5-8-13-9-6-7-10-14(13)11-12(2)3/h6-7,9-10H,2,4-5,8,11H2,1,3H3. The lowest BCUT2D eigenvalue weighted by molar-refractivity contribution is 0.788. The third-order valence-corrected chi connectivity index (χ3v) is 2.41. The maximum atomic E-state index is 3.97. The molecule has 0 aliphatic carbocycles. The van der Waals surface area contributed by atoms with Gasteiger partial charge in [0.15, 0.2) is 0 Å². The quantitative estimate of drug-likeness (QED) is 0.609. The average Bonchev–Trinajstić information content (AvgIpc) is 2.16. The van der Waals surface area contributed by atoms with Gasteiger partial charge in [-0.3, -0.25) is 0 Å². The average molecular weight is 188 g/mol. The Morgan fingerprint density at radius 2 is 1.86 bits per heavy atom. The second-order valence-electron chi connectivity index (χ2n) is 4.01. The largest absolute Gasteiger partial charge is 0.0998 e. The second-order valence-corrected chi connectivity index (χ2v) is 4.01. The van der Waals surface area contributed by atoms with Crippen molar-refractivity contribution in [2.45, 2.75) is 39.5 Å². The SMILES string of the molecule is C=C(C)Cc1ccccc1CCCC. The summed E-state index contributed by atoms with van der Waals surface area (Å²) < 4.78 is 0. The van der Waals surface area contributed by atoms with Crippen LogP contribution in [0.4, 0.5) is 0 Å². The summed E-state index contributed by atoms with van der Waals surface area (Å²) >= 11 is 0. The number of rotatable bonds is 5. The van der Waals surface area contributed by atoms with Crippen molar-refractivity contribution >= 4 is 0 Å². The number of allylic oxidation sites excluding steroid dienone is 1. The topological polar surface area (TPSA) is 0 Å². The van der Waals surface area contributed by atoms with Gasteiger partial charge in [0.2, 0.25) is 0 Å². The molecule has 1 aromatic carbocycles. The van der Waals surface area contributed by atoms with Gasteiger partial charge in [0.05, 0.1) is 0 Å². The van der Waals surface area contributed by atoms with Crippen molar-refractivity contribution in [2.24, 2.45) is 0 Å². The van der Waals surface area contributed by atoms with Gasteiger partial charge in [0, 0.05) is 0 Å². The van der Waals surface area contributed by atoms with Gasteiger partial charge in [-0.15, -0.1) is 0 Å². The Bertz CT molecular complexity index is 297. The van der Waals surface area contributed by atoms with E-state index in [4.69, 9.17) is 0 Å². The molecule has 0 aliphatic rings. The van der Waals surface area contributed by atoms with Crippen molar-refractivity contribution in [2.75, 3.05) is 0 Å². The predicted molar refractivity (Wildman–Crippen MR) is 63.6 cm³/mol. The molecule has 0 saturated carbocycles. The second kappa shape index (κ2) is 5.64. The van der Waals surface area contributed by atoms with Crippen molar-refractivity contribution in [3.63, 3.8) is 0 Å². The number of benzene rings is 1. The van der Waals surface area contributed by atoms with E-state index in [1.165, 1.54) is 36.0 Å². The van der Waals surface area contributed by atoms with Gasteiger partial charge in [-0.2, -0.15) is 0 Å². The van der Waals surface area contributed by atoms with E-state index in [1.54, 1.807) is 0 Å². The molecule has 0 spiro atoms. The minimum absolute atomic E-state index is 1.03. The summed E-state index contributed by atoms with van der Waals surface area (Å²) in [6.45, 7) is 8.30. The van der Waals surface area contributed by atoms with Gasteiger partial charge in [-0.05, 0) is 37.3 Å². The third kappa shape index (κ3) is 3.37. The normalized spacial score (nSPS) is 10.1. The van der Waals surface area contributed by atoms with E-state index in [9.17, 15) is 0 Å². The molecular weight excluding hydrogens is 168 g/mol. The predicted octanol–water partition coefficient (Wildman–Crippen LogP) is 4.15. The number of unbranched alkanes of at least 4 members (excludes halogenated alkanes) is 1. The van der Waals surface area contributed by atoms with Crippen LogP contribution in [-0.4, -0.2) is 0 Å². The zero-order valence-corrected chi connectivity index (χ0v) is 9.34. The molecule has 0 aromatic heterocycles. The first-order chi connectivity index (χ1) is 6.74. The van der Waals surface area contributed by atoms with Crippen LogP contribution in [0.3, 0.4) is 0 Å². The Morgan fingerprint density at radius 1 is 1.21 bits per heavy atom. The fourth-order valence-corrected chi connectivity index (χ4v) is 1.67. The van der Waals surface area contributed by atoms with Gasteiger partial charge in [-0.25, -0.2) is 0 Å². The van der Waals surface area contributed by atoms with Crippen molar-refractivity contribution in [1.29, 1.82) is 0 Å². The molecule has 0 fully saturated rings. The molecule has 0 bridgehead atoms. The zero-order valence-electron chi connectivity index (χ0n) is 9.34. The summed E-state index contributed by atoms with van der Waals surface area (Å²) in [5.74, 6) is 0. The first-order valence-corrected chi connectivity index (χ1v) is 5.45. The third-order valence-electron chi connectivity index (χ3n) is 2.41. The minimum Gasteiger partial charge on any atom is -0.0998 e. The molecular formula is C14H20. The minimum atomic E-state index is 1.03. The molecule has 0 unspecified atom stereocenters. The van der Waals surface area contributed by atoms with Crippen LogP contribution < -0.4 is 0 Å².